The first-order valence-electron chi connectivity index (χ1n) is 13.5. The van der Waals surface area contributed by atoms with Crippen LogP contribution in [0.2, 0.25) is 0 Å². The third-order valence-corrected chi connectivity index (χ3v) is 11.2. The highest BCUT2D eigenvalue weighted by Gasteiger charge is 2.74. The topological polar surface area (TPSA) is 132 Å². The van der Waals surface area contributed by atoms with Crippen molar-refractivity contribution >= 4 is 17.3 Å². The van der Waals surface area contributed by atoms with Gasteiger partial charge in [0.1, 0.15) is 11.4 Å². The normalized spacial score (nSPS) is 42.7. The van der Waals surface area contributed by atoms with E-state index in [2.05, 4.69) is 6.92 Å². The molecule has 0 amide bonds. The molecule has 0 aromatic rings. The van der Waals surface area contributed by atoms with Crippen LogP contribution >= 0.6 is 0 Å². The molecule has 0 saturated heterocycles. The third kappa shape index (κ3) is 3.67. The Hall–Kier alpha value is -1.83. The summed E-state index contributed by atoms with van der Waals surface area (Å²) in [4.78, 5) is 40.2. The number of aliphatic hydroxyl groups is 4. The van der Waals surface area contributed by atoms with Crippen LogP contribution in [0.25, 0.3) is 0 Å². The second-order valence-electron chi connectivity index (χ2n) is 14.3. The van der Waals surface area contributed by atoms with Gasteiger partial charge in [-0.05, 0) is 76.7 Å². The number of rotatable bonds is 5. The summed E-state index contributed by atoms with van der Waals surface area (Å²) in [6, 6.07) is 0. The van der Waals surface area contributed by atoms with E-state index in [1.54, 1.807) is 27.7 Å². The summed E-state index contributed by atoms with van der Waals surface area (Å²) >= 11 is 0. The van der Waals surface area contributed by atoms with E-state index in [4.69, 9.17) is 0 Å². The Kier molecular flexibility index (Phi) is 6.16. The summed E-state index contributed by atoms with van der Waals surface area (Å²) in [5, 5.41) is 43.7. The lowest BCUT2D eigenvalue weighted by molar-refractivity contribution is -0.181. The van der Waals surface area contributed by atoms with Gasteiger partial charge in [0.05, 0.1) is 17.1 Å². The molecule has 8 atom stereocenters. The molecule has 0 aliphatic heterocycles. The molecule has 4 aliphatic carbocycles. The quantitative estimate of drug-likeness (QED) is 0.408. The molecule has 4 N–H and O–H groups in total. The van der Waals surface area contributed by atoms with Gasteiger partial charge in [-0.25, -0.2) is 0 Å². The van der Waals surface area contributed by atoms with Gasteiger partial charge < -0.3 is 20.4 Å². The Morgan fingerprint density at radius 2 is 1.65 bits per heavy atom. The molecule has 0 spiro atoms. The standard InChI is InChI=1S/C30H44O7/c1-25(2,36)12-11-21(33)30(8,37)23-19(32)14-27(5)20-10-9-16-17(13-18(31)24(35)26(16,3)4)29(20,7)22(34)15-28(23,27)6/h9,13,17,19-20,23,31-32,36-37H,10-12,14-15H2,1-8H3/t17-,19+,20+,23+,27+,28-,29+,30?/m1/s1. The van der Waals surface area contributed by atoms with E-state index in [-0.39, 0.29) is 42.5 Å². The number of fused-ring (bicyclic) bond motifs is 5. The summed E-state index contributed by atoms with van der Waals surface area (Å²) in [5.41, 5.74) is -5.39. The highest BCUT2D eigenvalue weighted by atomic mass is 16.3. The molecule has 206 valence electrons. The lowest BCUT2D eigenvalue weighted by Crippen LogP contribution is -2.64. The summed E-state index contributed by atoms with van der Waals surface area (Å²) in [6.07, 6.45) is 3.64. The van der Waals surface area contributed by atoms with Crippen molar-refractivity contribution in [3.8, 4) is 0 Å². The zero-order valence-corrected chi connectivity index (χ0v) is 23.5. The minimum Gasteiger partial charge on any atom is -0.505 e. The predicted octanol–water partition coefficient (Wildman–Crippen LogP) is 3.84. The molecule has 0 aromatic carbocycles. The molecule has 0 bridgehead atoms. The fraction of sp³-hybridized carbons (Fsp3) is 0.767. The highest BCUT2D eigenvalue weighted by molar-refractivity contribution is 6.02. The maximum atomic E-state index is 14.2. The molecule has 0 heterocycles. The Morgan fingerprint density at radius 3 is 2.22 bits per heavy atom. The molecule has 2 fully saturated rings. The first-order chi connectivity index (χ1) is 16.7. The maximum Gasteiger partial charge on any atom is 0.206 e. The lowest BCUT2D eigenvalue weighted by atomic mass is 9.39. The van der Waals surface area contributed by atoms with Crippen molar-refractivity contribution in [1.29, 1.82) is 0 Å². The number of carbonyl (C=O) groups excluding carboxylic acids is 3. The van der Waals surface area contributed by atoms with Gasteiger partial charge in [0.15, 0.2) is 11.5 Å². The Balaban J connectivity index is 1.79. The van der Waals surface area contributed by atoms with Crippen LogP contribution in [-0.4, -0.2) is 55.1 Å². The number of aliphatic hydroxyl groups excluding tert-OH is 2. The van der Waals surface area contributed by atoms with Gasteiger partial charge in [-0.1, -0.05) is 32.4 Å². The first kappa shape index (κ1) is 28.2. The van der Waals surface area contributed by atoms with Crippen LogP contribution in [0.5, 0.6) is 0 Å². The number of carbonyl (C=O) groups is 3. The van der Waals surface area contributed by atoms with E-state index in [1.165, 1.54) is 13.0 Å². The zero-order valence-electron chi connectivity index (χ0n) is 23.5. The van der Waals surface area contributed by atoms with Crippen molar-refractivity contribution in [2.75, 3.05) is 0 Å². The Morgan fingerprint density at radius 1 is 1.05 bits per heavy atom. The fourth-order valence-corrected chi connectivity index (χ4v) is 8.82. The number of ketones is 3. The summed E-state index contributed by atoms with van der Waals surface area (Å²) in [7, 11) is 0. The minimum absolute atomic E-state index is 0.0387. The molecule has 1 unspecified atom stereocenters. The second-order valence-corrected chi connectivity index (χ2v) is 14.3. The minimum atomic E-state index is -1.88. The molecule has 2 saturated carbocycles. The fourth-order valence-electron chi connectivity index (χ4n) is 8.82. The molecule has 7 heteroatoms. The van der Waals surface area contributed by atoms with E-state index in [0.29, 0.717) is 12.8 Å². The van der Waals surface area contributed by atoms with Crippen molar-refractivity contribution in [1.82, 2.24) is 0 Å². The third-order valence-electron chi connectivity index (χ3n) is 11.2. The average molecular weight is 517 g/mol. The van der Waals surface area contributed by atoms with Gasteiger partial charge >= 0.3 is 0 Å². The van der Waals surface area contributed by atoms with Gasteiger partial charge in [0, 0.05) is 30.1 Å². The highest BCUT2D eigenvalue weighted by Crippen LogP contribution is 2.73. The van der Waals surface area contributed by atoms with Gasteiger partial charge in [0.25, 0.3) is 0 Å². The summed E-state index contributed by atoms with van der Waals surface area (Å²) < 4.78 is 0. The van der Waals surface area contributed by atoms with Crippen molar-refractivity contribution in [2.24, 2.45) is 39.4 Å². The Bertz CT molecular complexity index is 1110. The van der Waals surface area contributed by atoms with Crippen molar-refractivity contribution in [3.05, 3.63) is 23.5 Å². The summed E-state index contributed by atoms with van der Waals surface area (Å²) in [6.45, 7) is 14.1. The van der Waals surface area contributed by atoms with Crippen LogP contribution in [0, 0.1) is 39.4 Å². The van der Waals surface area contributed by atoms with Crippen molar-refractivity contribution in [2.45, 2.75) is 105 Å². The van der Waals surface area contributed by atoms with Gasteiger partial charge in [0.2, 0.25) is 5.78 Å². The predicted molar refractivity (Wildman–Crippen MR) is 138 cm³/mol. The first-order valence-corrected chi connectivity index (χ1v) is 13.5. The molecular weight excluding hydrogens is 472 g/mol. The van der Waals surface area contributed by atoms with Crippen molar-refractivity contribution < 1.29 is 34.8 Å². The van der Waals surface area contributed by atoms with Gasteiger partial charge in [-0.3, -0.25) is 14.4 Å². The molecule has 37 heavy (non-hydrogen) atoms. The molecule has 0 radical (unpaired) electrons. The van der Waals surface area contributed by atoms with Crippen molar-refractivity contribution in [3.63, 3.8) is 0 Å². The van der Waals surface area contributed by atoms with Gasteiger partial charge in [-0.2, -0.15) is 0 Å². The molecule has 4 aliphatic rings. The van der Waals surface area contributed by atoms with Crippen LogP contribution in [0.3, 0.4) is 0 Å². The average Bonchev–Trinajstić information content (AvgIpc) is 2.96. The zero-order chi connectivity index (χ0) is 28.1. The number of Topliss-reactive ketones (excluding diaryl/α,β-unsaturated/α-hetero) is 3. The molecule has 4 rings (SSSR count). The second kappa shape index (κ2) is 8.09. The lowest BCUT2D eigenvalue weighted by Gasteiger charge is -2.63. The van der Waals surface area contributed by atoms with E-state index >= 15 is 0 Å². The van der Waals surface area contributed by atoms with Gasteiger partial charge in [-0.15, -0.1) is 0 Å². The number of allylic oxidation sites excluding steroid dienone is 4. The number of hydrogen-bond donors (Lipinski definition) is 4. The largest absolute Gasteiger partial charge is 0.505 e. The maximum absolute atomic E-state index is 14.2. The van der Waals surface area contributed by atoms with E-state index in [0.717, 1.165) is 5.57 Å². The SMILES string of the molecule is CC(C)(O)CCC(=O)C(C)(O)[C@H]1[C@@H](O)C[C@@]2(C)[C@@H]3CC=C4[C@@H](C=C(O)C(=O)C4(C)C)[C@]3(C)C(=O)C[C@]12C. The molecule has 7 nitrogen and oxygen atoms in total. The summed E-state index contributed by atoms with van der Waals surface area (Å²) in [5.74, 6) is -2.69. The monoisotopic (exact) mass is 516 g/mol. The Labute approximate surface area is 220 Å². The molecular formula is C30H44O7. The van der Waals surface area contributed by atoms with Crippen LogP contribution in [0.4, 0.5) is 0 Å². The van der Waals surface area contributed by atoms with E-state index in [1.807, 2.05) is 19.9 Å². The number of hydrogen-bond acceptors (Lipinski definition) is 7. The smallest absolute Gasteiger partial charge is 0.206 e. The van der Waals surface area contributed by atoms with E-state index in [9.17, 15) is 34.8 Å². The van der Waals surface area contributed by atoms with Crippen LogP contribution < -0.4 is 0 Å². The van der Waals surface area contributed by atoms with E-state index < -0.39 is 56.6 Å². The molecule has 0 aromatic heterocycles. The van der Waals surface area contributed by atoms with Crippen LogP contribution in [-0.2, 0) is 14.4 Å². The van der Waals surface area contributed by atoms with Crippen LogP contribution in [0.1, 0.15) is 87.5 Å². The van der Waals surface area contributed by atoms with Crippen LogP contribution in [0.15, 0.2) is 23.5 Å².